The normalized spacial score (nSPS) is 16.9. The fraction of sp³-hybridized carbons (Fsp3) is 0.500. The molecule has 0 spiro atoms. The molecule has 6 heteroatoms. The molecule has 1 aromatic heterocycles. The Hall–Kier alpha value is 0.732. The van der Waals surface area contributed by atoms with E-state index in [-0.39, 0.29) is 49.2 Å². The van der Waals surface area contributed by atoms with E-state index in [1.54, 1.807) is 6.07 Å². The molecule has 1 aliphatic heterocycles. The summed E-state index contributed by atoms with van der Waals surface area (Å²) in [5, 5.41) is 4.19. The topological polar surface area (TPSA) is 30.2 Å². The summed E-state index contributed by atoms with van der Waals surface area (Å²) < 4.78 is 13.5. The molecule has 2 heterocycles. The van der Waals surface area contributed by atoms with Gasteiger partial charge in [-0.2, -0.15) is 0 Å². The molecule has 0 amide bonds. The molecule has 0 saturated carbocycles. The SMILES string of the molecule is Fc1c(CN2CC[N-]CC2)ccnc1Cl.[Ac]. The van der Waals surface area contributed by atoms with Crippen molar-refractivity contribution in [2.24, 2.45) is 0 Å². The van der Waals surface area contributed by atoms with Crippen molar-refractivity contribution in [1.29, 1.82) is 0 Å². The van der Waals surface area contributed by atoms with Gasteiger partial charge in [0.1, 0.15) is 0 Å². The van der Waals surface area contributed by atoms with Crippen molar-refractivity contribution < 1.29 is 48.5 Å². The Morgan fingerprint density at radius 2 is 2.12 bits per heavy atom. The number of rotatable bonds is 2. The Labute approximate surface area is 135 Å². The minimum atomic E-state index is -0.401. The summed E-state index contributed by atoms with van der Waals surface area (Å²) in [6.07, 6.45) is 1.54. The van der Waals surface area contributed by atoms with Gasteiger partial charge in [-0.3, -0.25) is 0 Å². The fourth-order valence-electron chi connectivity index (χ4n) is 1.62. The molecule has 1 radical (unpaired) electrons. The Morgan fingerprint density at radius 1 is 1.44 bits per heavy atom. The number of pyridine rings is 1. The first-order chi connectivity index (χ1) is 7.27. The molecular weight excluding hydrogens is 444 g/mol. The van der Waals surface area contributed by atoms with Crippen LogP contribution < -0.4 is 0 Å². The maximum atomic E-state index is 13.5. The van der Waals surface area contributed by atoms with Crippen LogP contribution in [-0.4, -0.2) is 36.1 Å². The van der Waals surface area contributed by atoms with Crippen LogP contribution in [0.2, 0.25) is 5.15 Å². The third-order valence-corrected chi connectivity index (χ3v) is 2.73. The standard InChI is InChI=1S/C10H12ClFN3.Ac/c11-10-9(12)8(1-2-14-10)7-15-5-3-13-4-6-15;/h1-2H,3-7H2;/q-1;. The molecule has 0 unspecified atom stereocenters. The second-order valence-electron chi connectivity index (χ2n) is 3.52. The van der Waals surface area contributed by atoms with Gasteiger partial charge in [0, 0.05) is 62.4 Å². The van der Waals surface area contributed by atoms with E-state index in [1.165, 1.54) is 6.20 Å². The predicted molar refractivity (Wildman–Crippen MR) is 57.6 cm³/mol. The van der Waals surface area contributed by atoms with Gasteiger partial charge < -0.3 is 10.2 Å². The van der Waals surface area contributed by atoms with Crippen LogP contribution in [0.25, 0.3) is 5.32 Å². The van der Waals surface area contributed by atoms with Gasteiger partial charge in [-0.05, 0) is 19.2 Å². The number of nitrogens with zero attached hydrogens (tertiary/aromatic N) is 3. The quantitative estimate of drug-likeness (QED) is 0.639. The van der Waals surface area contributed by atoms with Gasteiger partial charge in [0.25, 0.3) is 0 Å². The number of piperazine rings is 1. The molecule has 1 aliphatic rings. The molecule has 0 aromatic carbocycles. The Bertz CT molecular complexity index is 345. The smallest absolute Gasteiger partial charge is 0.165 e. The monoisotopic (exact) mass is 455 g/mol. The van der Waals surface area contributed by atoms with Gasteiger partial charge in [0.15, 0.2) is 11.0 Å². The third kappa shape index (κ3) is 3.89. The number of aromatic nitrogens is 1. The van der Waals surface area contributed by atoms with Gasteiger partial charge >= 0.3 is 0 Å². The van der Waals surface area contributed by atoms with Crippen molar-refractivity contribution in [1.82, 2.24) is 9.88 Å². The van der Waals surface area contributed by atoms with Crippen LogP contribution in [0.5, 0.6) is 0 Å². The van der Waals surface area contributed by atoms with Crippen molar-refractivity contribution in [2.45, 2.75) is 6.54 Å². The summed E-state index contributed by atoms with van der Waals surface area (Å²) in [6, 6.07) is 1.67. The van der Waals surface area contributed by atoms with Crippen molar-refractivity contribution >= 4 is 11.6 Å². The third-order valence-electron chi connectivity index (χ3n) is 2.47. The van der Waals surface area contributed by atoms with Crippen LogP contribution >= 0.6 is 11.6 Å². The van der Waals surface area contributed by atoms with Crippen LogP contribution in [0, 0.1) is 49.9 Å². The maximum Gasteiger partial charge on any atom is 0.165 e. The number of halogens is 2. The first kappa shape index (κ1) is 14.8. The van der Waals surface area contributed by atoms with E-state index in [1.807, 2.05) is 0 Å². The van der Waals surface area contributed by atoms with E-state index in [0.29, 0.717) is 12.1 Å². The van der Waals surface area contributed by atoms with E-state index < -0.39 is 5.82 Å². The van der Waals surface area contributed by atoms with E-state index in [0.717, 1.165) is 26.2 Å². The van der Waals surface area contributed by atoms with E-state index in [9.17, 15) is 4.39 Å². The van der Waals surface area contributed by atoms with Crippen LogP contribution in [0.15, 0.2) is 12.3 Å². The zero-order valence-corrected chi connectivity index (χ0v) is 14.4. The zero-order chi connectivity index (χ0) is 10.7. The van der Waals surface area contributed by atoms with Crippen molar-refractivity contribution in [3.05, 3.63) is 34.1 Å². The van der Waals surface area contributed by atoms with E-state index >= 15 is 0 Å². The van der Waals surface area contributed by atoms with Gasteiger partial charge in [-0.1, -0.05) is 11.6 Å². The second-order valence-corrected chi connectivity index (χ2v) is 3.88. The zero-order valence-electron chi connectivity index (χ0n) is 8.87. The fourth-order valence-corrected chi connectivity index (χ4v) is 1.80. The van der Waals surface area contributed by atoms with Crippen molar-refractivity contribution in [2.75, 3.05) is 26.2 Å². The summed E-state index contributed by atoms with van der Waals surface area (Å²) in [4.78, 5) is 5.85. The van der Waals surface area contributed by atoms with Gasteiger partial charge in [0.05, 0.1) is 0 Å². The van der Waals surface area contributed by atoms with Crippen LogP contribution in [0.4, 0.5) is 4.39 Å². The van der Waals surface area contributed by atoms with E-state index in [2.05, 4.69) is 15.2 Å². The molecule has 1 saturated heterocycles. The Kier molecular flexibility index (Phi) is 6.68. The Balaban J connectivity index is 0.00000128. The van der Waals surface area contributed by atoms with Crippen LogP contribution in [0.1, 0.15) is 5.56 Å². The minimum absolute atomic E-state index is 0. The average molecular weight is 456 g/mol. The van der Waals surface area contributed by atoms with Crippen LogP contribution in [0.3, 0.4) is 0 Å². The van der Waals surface area contributed by atoms with E-state index in [4.69, 9.17) is 11.6 Å². The molecule has 0 bridgehead atoms. The predicted octanol–water partition coefficient (Wildman–Crippen LogP) is 2.06. The molecule has 16 heavy (non-hydrogen) atoms. The Morgan fingerprint density at radius 3 is 2.81 bits per heavy atom. The summed E-state index contributed by atoms with van der Waals surface area (Å²) in [5.41, 5.74) is 0.608. The molecular formula is C10H12AcClFN3-. The molecule has 2 rings (SSSR count). The first-order valence-corrected chi connectivity index (χ1v) is 5.29. The van der Waals surface area contributed by atoms with Crippen LogP contribution in [-0.2, 0) is 6.54 Å². The molecule has 0 N–H and O–H groups in total. The molecule has 3 nitrogen and oxygen atoms in total. The minimum Gasteiger partial charge on any atom is -0.660 e. The molecule has 0 aliphatic carbocycles. The maximum absolute atomic E-state index is 13.5. The summed E-state index contributed by atoms with van der Waals surface area (Å²) in [5.74, 6) is -0.401. The number of hydrogen-bond donors (Lipinski definition) is 0. The summed E-state index contributed by atoms with van der Waals surface area (Å²) >= 11 is 5.61. The molecule has 85 valence electrons. The number of hydrogen-bond acceptors (Lipinski definition) is 2. The first-order valence-electron chi connectivity index (χ1n) is 4.92. The van der Waals surface area contributed by atoms with Gasteiger partial charge in [-0.25, -0.2) is 9.37 Å². The molecule has 1 aromatic rings. The largest absolute Gasteiger partial charge is 0.660 e. The summed E-state index contributed by atoms with van der Waals surface area (Å²) in [6.45, 7) is 4.03. The molecule has 0 atom stereocenters. The van der Waals surface area contributed by atoms with Gasteiger partial charge in [-0.15, -0.1) is 13.1 Å². The molecule has 1 fully saturated rings. The average Bonchev–Trinajstić information content (AvgIpc) is 2.26. The second kappa shape index (κ2) is 7.23. The van der Waals surface area contributed by atoms with Crippen molar-refractivity contribution in [3.8, 4) is 0 Å². The summed E-state index contributed by atoms with van der Waals surface area (Å²) in [7, 11) is 0. The van der Waals surface area contributed by atoms with Gasteiger partial charge in [0.2, 0.25) is 0 Å². The van der Waals surface area contributed by atoms with Crippen molar-refractivity contribution in [3.63, 3.8) is 0 Å².